The largest absolute Gasteiger partial charge is 0.335 e. The first-order chi connectivity index (χ1) is 12.4. The third kappa shape index (κ3) is 3.64. The zero-order valence-corrected chi connectivity index (χ0v) is 15.8. The molecule has 1 aliphatic heterocycles. The van der Waals surface area contributed by atoms with Crippen molar-refractivity contribution in [2.45, 2.75) is 46.3 Å². The molecule has 2 heterocycles. The summed E-state index contributed by atoms with van der Waals surface area (Å²) < 4.78 is 1.76. The van der Waals surface area contributed by atoms with Crippen molar-refractivity contribution in [3.8, 4) is 0 Å². The molecule has 0 N–H and O–H groups in total. The van der Waals surface area contributed by atoms with Crippen LogP contribution in [0.4, 0.5) is 0 Å². The van der Waals surface area contributed by atoms with E-state index in [-0.39, 0.29) is 17.9 Å². The van der Waals surface area contributed by atoms with Crippen molar-refractivity contribution in [1.82, 2.24) is 19.6 Å². The van der Waals surface area contributed by atoms with Gasteiger partial charge >= 0.3 is 0 Å². The van der Waals surface area contributed by atoms with Crippen LogP contribution >= 0.6 is 0 Å². The lowest BCUT2D eigenvalue weighted by atomic mass is 10.1. The Labute approximate surface area is 154 Å². The van der Waals surface area contributed by atoms with Gasteiger partial charge in [0.2, 0.25) is 5.91 Å². The van der Waals surface area contributed by atoms with Gasteiger partial charge in [0, 0.05) is 31.9 Å². The van der Waals surface area contributed by atoms with Crippen LogP contribution in [0, 0.1) is 6.92 Å². The van der Waals surface area contributed by atoms with Gasteiger partial charge in [-0.1, -0.05) is 29.8 Å². The third-order valence-corrected chi connectivity index (χ3v) is 4.88. The van der Waals surface area contributed by atoms with Crippen molar-refractivity contribution in [2.24, 2.45) is 0 Å². The number of rotatable bonds is 4. The Morgan fingerprint density at radius 2 is 1.92 bits per heavy atom. The highest BCUT2D eigenvalue weighted by Crippen LogP contribution is 2.18. The molecule has 1 fully saturated rings. The van der Waals surface area contributed by atoms with Crippen molar-refractivity contribution >= 4 is 11.8 Å². The van der Waals surface area contributed by atoms with E-state index in [4.69, 9.17) is 0 Å². The monoisotopic (exact) mass is 354 g/mol. The minimum atomic E-state index is -0.468. The second kappa shape index (κ2) is 7.32. The van der Waals surface area contributed by atoms with Crippen molar-refractivity contribution in [1.29, 1.82) is 0 Å². The lowest BCUT2D eigenvalue weighted by molar-refractivity contribution is -0.140. The fraction of sp³-hybridized carbons (Fsp3) is 0.450. The van der Waals surface area contributed by atoms with Crippen LogP contribution in [-0.2, 0) is 11.3 Å². The quantitative estimate of drug-likeness (QED) is 0.848. The maximum atomic E-state index is 12.8. The van der Waals surface area contributed by atoms with Crippen LogP contribution in [0.3, 0.4) is 0 Å². The van der Waals surface area contributed by atoms with Crippen LogP contribution in [0.1, 0.15) is 48.3 Å². The smallest absolute Gasteiger partial charge is 0.257 e. The summed E-state index contributed by atoms with van der Waals surface area (Å²) in [6, 6.07) is 7.92. The molecule has 2 amide bonds. The van der Waals surface area contributed by atoms with E-state index in [0.717, 1.165) is 5.56 Å². The molecule has 1 aliphatic rings. The molecule has 6 heteroatoms. The fourth-order valence-electron chi connectivity index (χ4n) is 3.17. The Morgan fingerprint density at radius 1 is 1.23 bits per heavy atom. The van der Waals surface area contributed by atoms with Gasteiger partial charge in [0.15, 0.2) is 0 Å². The lowest BCUT2D eigenvalue weighted by Crippen LogP contribution is -2.57. The number of aryl methyl sites for hydroxylation is 1. The molecule has 1 saturated heterocycles. The molecule has 2 aromatic rings. The first kappa shape index (κ1) is 18.2. The van der Waals surface area contributed by atoms with E-state index in [1.807, 2.05) is 37.8 Å². The molecule has 6 nitrogen and oxygen atoms in total. The first-order valence-corrected chi connectivity index (χ1v) is 9.06. The summed E-state index contributed by atoms with van der Waals surface area (Å²) in [5, 5.41) is 4.23. The number of nitrogens with zero attached hydrogens (tertiary/aromatic N) is 4. The number of hydrogen-bond acceptors (Lipinski definition) is 3. The maximum absolute atomic E-state index is 12.8. The molecule has 0 bridgehead atoms. The summed E-state index contributed by atoms with van der Waals surface area (Å²) in [6.45, 7) is 9.52. The summed E-state index contributed by atoms with van der Waals surface area (Å²) in [5.41, 5.74) is 2.84. The molecule has 138 valence electrons. The van der Waals surface area contributed by atoms with E-state index in [2.05, 4.69) is 17.2 Å². The van der Waals surface area contributed by atoms with Crippen LogP contribution in [0.25, 0.3) is 0 Å². The molecule has 1 aromatic heterocycles. The predicted molar refractivity (Wildman–Crippen MR) is 99.7 cm³/mol. The predicted octanol–water partition coefficient (Wildman–Crippen LogP) is 2.65. The van der Waals surface area contributed by atoms with Gasteiger partial charge < -0.3 is 9.80 Å². The minimum Gasteiger partial charge on any atom is -0.335 e. The third-order valence-electron chi connectivity index (χ3n) is 4.88. The SMILES string of the molecule is Cc1ccc(CN2CCN(C(=O)c3cnn(C(C)C)c3)C(C)C2=O)cc1. The first-order valence-electron chi connectivity index (χ1n) is 9.06. The Bertz CT molecular complexity index is 794. The molecule has 3 rings (SSSR count). The Balaban J connectivity index is 1.68. The highest BCUT2D eigenvalue weighted by molar-refractivity contribution is 5.97. The molecule has 0 saturated carbocycles. The van der Waals surface area contributed by atoms with Crippen molar-refractivity contribution in [3.05, 3.63) is 53.3 Å². The van der Waals surface area contributed by atoms with Crippen molar-refractivity contribution in [3.63, 3.8) is 0 Å². The van der Waals surface area contributed by atoms with Gasteiger partial charge in [-0.3, -0.25) is 14.3 Å². The molecule has 26 heavy (non-hydrogen) atoms. The Hall–Kier alpha value is -2.63. The summed E-state index contributed by atoms with van der Waals surface area (Å²) >= 11 is 0. The average Bonchev–Trinajstić information content (AvgIpc) is 3.11. The number of amides is 2. The zero-order valence-electron chi connectivity index (χ0n) is 15.8. The molecule has 1 unspecified atom stereocenters. The van der Waals surface area contributed by atoms with E-state index in [1.165, 1.54) is 5.56 Å². The van der Waals surface area contributed by atoms with E-state index < -0.39 is 6.04 Å². The standard InChI is InChI=1S/C20H26N4O2/c1-14(2)24-13-18(11-21-24)20(26)23-10-9-22(19(25)16(23)4)12-17-7-5-15(3)6-8-17/h5-8,11,13-14,16H,9-10,12H2,1-4H3. The average molecular weight is 354 g/mol. The second-order valence-corrected chi connectivity index (χ2v) is 7.22. The minimum absolute atomic E-state index is 0.0126. The van der Waals surface area contributed by atoms with Gasteiger partial charge in [-0.15, -0.1) is 0 Å². The van der Waals surface area contributed by atoms with Crippen molar-refractivity contribution < 1.29 is 9.59 Å². The summed E-state index contributed by atoms with van der Waals surface area (Å²) in [7, 11) is 0. The zero-order chi connectivity index (χ0) is 18.8. The number of carbonyl (C=O) groups is 2. The van der Waals surface area contributed by atoms with E-state index in [1.54, 1.807) is 28.9 Å². The van der Waals surface area contributed by atoms with Gasteiger partial charge in [-0.2, -0.15) is 5.10 Å². The molecule has 1 atom stereocenters. The molecule has 1 aromatic carbocycles. The van der Waals surface area contributed by atoms with Crippen LogP contribution in [0.5, 0.6) is 0 Å². The number of carbonyl (C=O) groups excluding carboxylic acids is 2. The van der Waals surface area contributed by atoms with Crippen LogP contribution in [0.15, 0.2) is 36.7 Å². The second-order valence-electron chi connectivity index (χ2n) is 7.22. The van der Waals surface area contributed by atoms with Gasteiger partial charge in [-0.05, 0) is 33.3 Å². The lowest BCUT2D eigenvalue weighted by Gasteiger charge is -2.39. The van der Waals surface area contributed by atoms with E-state index in [0.29, 0.717) is 25.2 Å². The summed E-state index contributed by atoms with van der Waals surface area (Å²) in [5.74, 6) is -0.144. The topological polar surface area (TPSA) is 58.4 Å². The molecular formula is C20H26N4O2. The maximum Gasteiger partial charge on any atom is 0.257 e. The summed E-state index contributed by atoms with van der Waals surface area (Å²) in [6.07, 6.45) is 3.33. The van der Waals surface area contributed by atoms with Crippen LogP contribution < -0.4 is 0 Å². The van der Waals surface area contributed by atoms with Crippen LogP contribution in [-0.4, -0.2) is 50.5 Å². The molecule has 0 spiro atoms. The van der Waals surface area contributed by atoms with Crippen LogP contribution in [0.2, 0.25) is 0 Å². The number of hydrogen-bond donors (Lipinski definition) is 0. The van der Waals surface area contributed by atoms with Gasteiger partial charge in [-0.25, -0.2) is 0 Å². The van der Waals surface area contributed by atoms with E-state index in [9.17, 15) is 9.59 Å². The Morgan fingerprint density at radius 3 is 2.54 bits per heavy atom. The van der Waals surface area contributed by atoms with E-state index >= 15 is 0 Å². The summed E-state index contributed by atoms with van der Waals surface area (Å²) in [4.78, 5) is 29.0. The van der Waals surface area contributed by atoms with Gasteiger partial charge in [0.05, 0.1) is 11.8 Å². The van der Waals surface area contributed by atoms with Gasteiger partial charge in [0.1, 0.15) is 6.04 Å². The highest BCUT2D eigenvalue weighted by atomic mass is 16.2. The highest BCUT2D eigenvalue weighted by Gasteiger charge is 2.35. The Kier molecular flexibility index (Phi) is 5.11. The molecule has 0 radical (unpaired) electrons. The van der Waals surface area contributed by atoms with Gasteiger partial charge in [0.25, 0.3) is 5.91 Å². The molecular weight excluding hydrogens is 328 g/mol. The van der Waals surface area contributed by atoms with Crippen molar-refractivity contribution in [2.75, 3.05) is 13.1 Å². The normalized spacial score (nSPS) is 17.9. The fourth-order valence-corrected chi connectivity index (χ4v) is 3.17. The number of benzene rings is 1. The number of aromatic nitrogens is 2. The number of piperazine rings is 1. The molecule has 0 aliphatic carbocycles.